The average Bonchev–Trinajstić information content (AvgIpc) is 2.48. The van der Waals surface area contributed by atoms with Crippen LogP contribution in [-0.2, 0) is 16.6 Å². The largest absolute Gasteiger partial charge is 0.573 e. The van der Waals surface area contributed by atoms with Gasteiger partial charge in [-0.3, -0.25) is 0 Å². The molecule has 0 fully saturated rings. The average molecular weight is 359 g/mol. The lowest BCUT2D eigenvalue weighted by atomic mass is 10.1. The number of ether oxygens (including phenoxy) is 1. The van der Waals surface area contributed by atoms with Gasteiger partial charge in [-0.05, 0) is 36.8 Å². The summed E-state index contributed by atoms with van der Waals surface area (Å²) in [6, 6.07) is 11.5. The molecule has 8 heteroatoms. The van der Waals surface area contributed by atoms with Gasteiger partial charge in [-0.15, -0.1) is 13.2 Å². The Bertz CT molecular complexity index is 785. The van der Waals surface area contributed by atoms with Crippen LogP contribution in [0.4, 0.5) is 13.2 Å². The predicted octanol–water partition coefficient (Wildman–Crippen LogP) is 3.71. The molecule has 2 aromatic rings. The molecule has 4 nitrogen and oxygen atoms in total. The van der Waals surface area contributed by atoms with Crippen molar-refractivity contribution in [1.82, 2.24) is 4.31 Å². The van der Waals surface area contributed by atoms with Crippen molar-refractivity contribution in [2.24, 2.45) is 0 Å². The summed E-state index contributed by atoms with van der Waals surface area (Å²) in [5.74, 6) is -0.470. The van der Waals surface area contributed by atoms with Crippen LogP contribution in [0.2, 0.25) is 0 Å². The highest BCUT2D eigenvalue weighted by Gasteiger charge is 2.31. The van der Waals surface area contributed by atoms with Crippen molar-refractivity contribution < 1.29 is 26.3 Å². The van der Waals surface area contributed by atoms with E-state index in [2.05, 4.69) is 4.74 Å². The van der Waals surface area contributed by atoms with Crippen LogP contribution in [0.5, 0.6) is 5.75 Å². The zero-order valence-electron chi connectivity index (χ0n) is 13.0. The molecule has 0 aliphatic carbocycles. The molecule has 2 rings (SSSR count). The fourth-order valence-electron chi connectivity index (χ4n) is 2.03. The second kappa shape index (κ2) is 6.82. The molecule has 24 heavy (non-hydrogen) atoms. The SMILES string of the molecule is Cc1ccc(CN(C)S(=O)(=O)c2ccc(OC(F)(F)F)cc2)cc1. The zero-order chi connectivity index (χ0) is 18.0. The first kappa shape index (κ1) is 18.3. The zero-order valence-corrected chi connectivity index (χ0v) is 13.9. The van der Waals surface area contributed by atoms with E-state index < -0.39 is 22.1 Å². The lowest BCUT2D eigenvalue weighted by molar-refractivity contribution is -0.274. The number of nitrogens with zero attached hydrogens (tertiary/aromatic N) is 1. The van der Waals surface area contributed by atoms with Crippen LogP contribution in [0.1, 0.15) is 11.1 Å². The smallest absolute Gasteiger partial charge is 0.406 e. The maximum atomic E-state index is 12.5. The molecule has 0 saturated heterocycles. The highest BCUT2D eigenvalue weighted by molar-refractivity contribution is 7.89. The summed E-state index contributed by atoms with van der Waals surface area (Å²) < 4.78 is 66.2. The van der Waals surface area contributed by atoms with Gasteiger partial charge in [-0.1, -0.05) is 29.8 Å². The summed E-state index contributed by atoms with van der Waals surface area (Å²) in [6.07, 6.45) is -4.82. The van der Waals surface area contributed by atoms with Gasteiger partial charge >= 0.3 is 6.36 Å². The number of hydrogen-bond donors (Lipinski definition) is 0. The normalized spacial score (nSPS) is 12.4. The molecular weight excluding hydrogens is 343 g/mol. The van der Waals surface area contributed by atoms with Gasteiger partial charge in [0, 0.05) is 13.6 Å². The number of hydrogen-bond acceptors (Lipinski definition) is 3. The third-order valence-corrected chi connectivity index (χ3v) is 5.11. The standard InChI is InChI=1S/C16H16F3NO3S/c1-12-3-5-13(6-4-12)11-20(2)24(21,22)15-9-7-14(8-10-15)23-16(17,18)19/h3-10H,11H2,1-2H3. The summed E-state index contributed by atoms with van der Waals surface area (Å²) in [5, 5.41) is 0. The maximum Gasteiger partial charge on any atom is 0.573 e. The summed E-state index contributed by atoms with van der Waals surface area (Å²) in [5.41, 5.74) is 1.87. The van der Waals surface area contributed by atoms with Crippen molar-refractivity contribution in [3.63, 3.8) is 0 Å². The highest BCUT2D eigenvalue weighted by atomic mass is 32.2. The third-order valence-electron chi connectivity index (χ3n) is 3.29. The molecule has 2 aromatic carbocycles. The quantitative estimate of drug-likeness (QED) is 0.818. The first-order valence-electron chi connectivity index (χ1n) is 6.95. The summed E-state index contributed by atoms with van der Waals surface area (Å²) in [7, 11) is -2.40. The van der Waals surface area contributed by atoms with Crippen LogP contribution < -0.4 is 4.74 Å². The Labute approximate surface area is 138 Å². The number of rotatable bonds is 5. The molecule has 130 valence electrons. The van der Waals surface area contributed by atoms with E-state index in [0.29, 0.717) is 0 Å². The Morgan fingerprint density at radius 1 is 1.00 bits per heavy atom. The van der Waals surface area contributed by atoms with Crippen LogP contribution in [0.15, 0.2) is 53.4 Å². The van der Waals surface area contributed by atoms with E-state index >= 15 is 0 Å². The van der Waals surface area contributed by atoms with Gasteiger partial charge in [0.2, 0.25) is 10.0 Å². The van der Waals surface area contributed by atoms with Crippen molar-refractivity contribution in [3.05, 3.63) is 59.7 Å². The van der Waals surface area contributed by atoms with Crippen molar-refractivity contribution in [2.45, 2.75) is 24.7 Å². The van der Waals surface area contributed by atoms with Gasteiger partial charge in [0.1, 0.15) is 5.75 Å². The van der Waals surface area contributed by atoms with Crippen molar-refractivity contribution >= 4 is 10.0 Å². The van der Waals surface area contributed by atoms with Gasteiger partial charge in [0.05, 0.1) is 4.90 Å². The molecule has 0 aromatic heterocycles. The maximum absolute atomic E-state index is 12.5. The lowest BCUT2D eigenvalue weighted by Gasteiger charge is -2.18. The minimum absolute atomic E-state index is 0.105. The number of halogens is 3. The second-order valence-electron chi connectivity index (χ2n) is 5.27. The first-order valence-corrected chi connectivity index (χ1v) is 8.40. The minimum Gasteiger partial charge on any atom is -0.406 e. The fourth-order valence-corrected chi connectivity index (χ4v) is 3.19. The molecule has 0 atom stereocenters. The monoisotopic (exact) mass is 359 g/mol. The van der Waals surface area contributed by atoms with E-state index in [0.717, 1.165) is 39.7 Å². The molecule has 0 saturated carbocycles. The first-order chi connectivity index (χ1) is 11.1. The van der Waals surface area contributed by atoms with Crippen LogP contribution in [0.25, 0.3) is 0 Å². The van der Waals surface area contributed by atoms with E-state index in [1.165, 1.54) is 7.05 Å². The topological polar surface area (TPSA) is 46.6 Å². The molecule has 0 amide bonds. The van der Waals surface area contributed by atoms with Crippen molar-refractivity contribution in [1.29, 1.82) is 0 Å². The number of aryl methyl sites for hydroxylation is 1. The Hall–Kier alpha value is -2.06. The molecular formula is C16H16F3NO3S. The van der Waals surface area contributed by atoms with Crippen LogP contribution in [-0.4, -0.2) is 26.1 Å². The Kier molecular flexibility index (Phi) is 5.19. The van der Waals surface area contributed by atoms with E-state index in [1.54, 1.807) is 0 Å². The molecule has 0 radical (unpaired) electrons. The molecule has 0 heterocycles. The Balaban J connectivity index is 2.15. The molecule has 0 aliphatic rings. The second-order valence-corrected chi connectivity index (χ2v) is 7.31. The van der Waals surface area contributed by atoms with Gasteiger partial charge in [0.25, 0.3) is 0 Å². The van der Waals surface area contributed by atoms with Gasteiger partial charge in [0.15, 0.2) is 0 Å². The van der Waals surface area contributed by atoms with Crippen molar-refractivity contribution in [3.8, 4) is 5.75 Å². The Morgan fingerprint density at radius 3 is 2.04 bits per heavy atom. The summed E-state index contributed by atoms with van der Waals surface area (Å²) in [4.78, 5) is -0.105. The van der Waals surface area contributed by atoms with Gasteiger partial charge < -0.3 is 4.74 Å². The van der Waals surface area contributed by atoms with Gasteiger partial charge in [-0.2, -0.15) is 4.31 Å². The van der Waals surface area contributed by atoms with E-state index in [-0.39, 0.29) is 11.4 Å². The number of sulfonamides is 1. The summed E-state index contributed by atoms with van der Waals surface area (Å²) in [6.45, 7) is 2.08. The van der Waals surface area contributed by atoms with Crippen LogP contribution >= 0.6 is 0 Å². The highest BCUT2D eigenvalue weighted by Crippen LogP contribution is 2.25. The molecule has 0 N–H and O–H groups in total. The van der Waals surface area contributed by atoms with E-state index in [9.17, 15) is 21.6 Å². The van der Waals surface area contributed by atoms with E-state index in [4.69, 9.17) is 0 Å². The molecule has 0 spiro atoms. The van der Waals surface area contributed by atoms with E-state index in [1.807, 2.05) is 31.2 Å². The third kappa shape index (κ3) is 4.72. The van der Waals surface area contributed by atoms with Gasteiger partial charge in [-0.25, -0.2) is 8.42 Å². The minimum atomic E-state index is -4.82. The van der Waals surface area contributed by atoms with Crippen LogP contribution in [0.3, 0.4) is 0 Å². The molecule has 0 unspecified atom stereocenters. The number of benzene rings is 2. The lowest BCUT2D eigenvalue weighted by Crippen LogP contribution is -2.26. The fraction of sp³-hybridized carbons (Fsp3) is 0.250. The molecule has 0 aliphatic heterocycles. The van der Waals surface area contributed by atoms with Crippen LogP contribution in [0, 0.1) is 6.92 Å². The molecule has 0 bridgehead atoms. The predicted molar refractivity (Wildman–Crippen MR) is 83.0 cm³/mol. The number of alkyl halides is 3. The Morgan fingerprint density at radius 2 is 1.54 bits per heavy atom. The summed E-state index contributed by atoms with van der Waals surface area (Å²) >= 11 is 0. The van der Waals surface area contributed by atoms with Crippen molar-refractivity contribution in [2.75, 3.05) is 7.05 Å².